The molecule has 2 N–H and O–H groups in total. The van der Waals surface area contributed by atoms with Gasteiger partial charge in [0, 0.05) is 22.5 Å². The first-order valence-electron chi connectivity index (χ1n) is 5.75. The van der Waals surface area contributed by atoms with E-state index in [4.69, 9.17) is 5.73 Å². The van der Waals surface area contributed by atoms with E-state index in [0.29, 0.717) is 6.04 Å². The predicted molar refractivity (Wildman–Crippen MR) is 72.6 cm³/mol. The maximum absolute atomic E-state index is 6.20. The van der Waals surface area contributed by atoms with Crippen molar-refractivity contribution in [2.24, 2.45) is 11.7 Å². The van der Waals surface area contributed by atoms with Crippen LogP contribution < -0.4 is 5.73 Å². The summed E-state index contributed by atoms with van der Waals surface area (Å²) in [6.45, 7) is 0. The molecule has 2 nitrogen and oxygen atoms in total. The van der Waals surface area contributed by atoms with Crippen LogP contribution in [-0.2, 0) is 0 Å². The second-order valence-electron chi connectivity index (χ2n) is 4.33. The van der Waals surface area contributed by atoms with E-state index in [1.165, 1.54) is 25.7 Å². The number of aromatic nitrogens is 1. The molecule has 0 radical (unpaired) electrons. The lowest BCUT2D eigenvalue weighted by Crippen LogP contribution is -2.30. The number of nitrogens with two attached hydrogens (primary N) is 1. The van der Waals surface area contributed by atoms with Gasteiger partial charge >= 0.3 is 0 Å². The molecule has 1 aromatic rings. The normalized spacial score (nSPS) is 18.9. The van der Waals surface area contributed by atoms with Gasteiger partial charge in [0.25, 0.3) is 0 Å². The fourth-order valence-corrected chi connectivity index (χ4v) is 3.31. The molecule has 2 rings (SSSR count). The second-order valence-corrected chi connectivity index (χ2v) is 6.29. The Hall–Kier alpha value is -0.0600. The highest BCUT2D eigenvalue weighted by Crippen LogP contribution is 2.29. The first kappa shape index (κ1) is 12.4. The van der Waals surface area contributed by atoms with E-state index < -0.39 is 0 Å². The SMILES string of the molecule is NC(CSc1ccc(Br)cn1)C1CCCC1. The molecule has 1 fully saturated rings. The second kappa shape index (κ2) is 6.03. The highest BCUT2D eigenvalue weighted by molar-refractivity contribution is 9.10. The highest BCUT2D eigenvalue weighted by atomic mass is 79.9. The maximum Gasteiger partial charge on any atom is 0.0961 e. The Morgan fingerprint density at radius 3 is 2.81 bits per heavy atom. The maximum atomic E-state index is 6.20. The van der Waals surface area contributed by atoms with Gasteiger partial charge < -0.3 is 5.73 Å². The molecular formula is C12H17BrN2S. The van der Waals surface area contributed by atoms with E-state index in [9.17, 15) is 0 Å². The number of rotatable bonds is 4. The molecule has 0 aromatic carbocycles. The molecule has 0 bridgehead atoms. The molecular weight excluding hydrogens is 284 g/mol. The van der Waals surface area contributed by atoms with Crippen molar-refractivity contribution in [1.29, 1.82) is 0 Å². The highest BCUT2D eigenvalue weighted by Gasteiger charge is 2.21. The number of halogens is 1. The van der Waals surface area contributed by atoms with Crippen LogP contribution in [0.25, 0.3) is 0 Å². The van der Waals surface area contributed by atoms with Crippen LogP contribution in [0.5, 0.6) is 0 Å². The summed E-state index contributed by atoms with van der Waals surface area (Å²) in [6, 6.07) is 4.39. The van der Waals surface area contributed by atoms with Gasteiger partial charge in [-0.05, 0) is 46.8 Å². The van der Waals surface area contributed by atoms with Crippen molar-refractivity contribution in [1.82, 2.24) is 4.98 Å². The van der Waals surface area contributed by atoms with Crippen LogP contribution in [0.4, 0.5) is 0 Å². The molecule has 1 aliphatic carbocycles. The predicted octanol–water partition coefficient (Wildman–Crippen LogP) is 3.45. The zero-order valence-electron chi connectivity index (χ0n) is 9.23. The van der Waals surface area contributed by atoms with Gasteiger partial charge in [-0.2, -0.15) is 0 Å². The third-order valence-corrected chi connectivity index (χ3v) is 4.69. The summed E-state index contributed by atoms with van der Waals surface area (Å²) >= 11 is 5.15. The van der Waals surface area contributed by atoms with Crippen molar-refractivity contribution in [2.75, 3.05) is 5.75 Å². The van der Waals surface area contributed by atoms with Crippen LogP contribution in [-0.4, -0.2) is 16.8 Å². The van der Waals surface area contributed by atoms with Crippen LogP contribution in [0.1, 0.15) is 25.7 Å². The van der Waals surface area contributed by atoms with Crippen molar-refractivity contribution >= 4 is 27.7 Å². The summed E-state index contributed by atoms with van der Waals surface area (Å²) in [7, 11) is 0. The van der Waals surface area contributed by atoms with Crippen molar-refractivity contribution in [2.45, 2.75) is 36.8 Å². The van der Waals surface area contributed by atoms with Crippen LogP contribution >= 0.6 is 27.7 Å². The number of pyridine rings is 1. The summed E-state index contributed by atoms with van der Waals surface area (Å²) in [5.74, 6) is 1.72. The Kier molecular flexibility index (Phi) is 4.67. The van der Waals surface area contributed by atoms with Gasteiger partial charge in [-0.3, -0.25) is 0 Å². The van der Waals surface area contributed by atoms with E-state index in [1.54, 1.807) is 11.8 Å². The summed E-state index contributed by atoms with van der Waals surface area (Å²) < 4.78 is 1.02. The molecule has 0 aliphatic heterocycles. The van der Waals surface area contributed by atoms with Gasteiger partial charge in [-0.1, -0.05) is 12.8 Å². The third kappa shape index (κ3) is 3.47. The van der Waals surface area contributed by atoms with Crippen molar-refractivity contribution < 1.29 is 0 Å². The van der Waals surface area contributed by atoms with Crippen LogP contribution in [0.15, 0.2) is 27.8 Å². The van der Waals surface area contributed by atoms with Crippen molar-refractivity contribution in [3.63, 3.8) is 0 Å². The average Bonchev–Trinajstić information content (AvgIpc) is 2.81. The zero-order chi connectivity index (χ0) is 11.4. The van der Waals surface area contributed by atoms with Gasteiger partial charge in [-0.15, -0.1) is 11.8 Å². The zero-order valence-corrected chi connectivity index (χ0v) is 11.6. The Bertz CT molecular complexity index is 322. The first-order chi connectivity index (χ1) is 7.75. The fraction of sp³-hybridized carbons (Fsp3) is 0.583. The van der Waals surface area contributed by atoms with Crippen LogP contribution in [0.3, 0.4) is 0 Å². The lowest BCUT2D eigenvalue weighted by atomic mass is 10.0. The lowest BCUT2D eigenvalue weighted by Gasteiger charge is -2.17. The van der Waals surface area contributed by atoms with Gasteiger partial charge in [0.2, 0.25) is 0 Å². The van der Waals surface area contributed by atoms with Gasteiger partial charge in [-0.25, -0.2) is 4.98 Å². The molecule has 1 aliphatic rings. The quantitative estimate of drug-likeness (QED) is 0.866. The largest absolute Gasteiger partial charge is 0.327 e. The smallest absolute Gasteiger partial charge is 0.0961 e. The van der Waals surface area contributed by atoms with Gasteiger partial charge in [0.05, 0.1) is 5.03 Å². The van der Waals surface area contributed by atoms with E-state index in [0.717, 1.165) is 21.2 Å². The Morgan fingerprint density at radius 2 is 2.19 bits per heavy atom. The molecule has 4 heteroatoms. The van der Waals surface area contributed by atoms with Gasteiger partial charge in [0.1, 0.15) is 0 Å². The fourth-order valence-electron chi connectivity index (χ4n) is 2.15. The summed E-state index contributed by atoms with van der Waals surface area (Å²) in [6.07, 6.45) is 7.19. The Labute approximate surface area is 110 Å². The molecule has 1 heterocycles. The summed E-state index contributed by atoms with van der Waals surface area (Å²) in [5, 5.41) is 1.07. The topological polar surface area (TPSA) is 38.9 Å². The molecule has 1 atom stereocenters. The number of hydrogen-bond acceptors (Lipinski definition) is 3. The van der Waals surface area contributed by atoms with E-state index in [-0.39, 0.29) is 0 Å². The molecule has 88 valence electrons. The molecule has 1 saturated carbocycles. The minimum absolute atomic E-state index is 0.331. The van der Waals surface area contributed by atoms with Crippen molar-refractivity contribution in [3.8, 4) is 0 Å². The summed E-state index contributed by atoms with van der Waals surface area (Å²) in [5.41, 5.74) is 6.20. The third-order valence-electron chi connectivity index (χ3n) is 3.13. The van der Waals surface area contributed by atoms with Gasteiger partial charge in [0.15, 0.2) is 0 Å². The van der Waals surface area contributed by atoms with Crippen LogP contribution in [0.2, 0.25) is 0 Å². The molecule has 0 amide bonds. The van der Waals surface area contributed by atoms with E-state index in [2.05, 4.69) is 20.9 Å². The number of nitrogens with zero attached hydrogens (tertiary/aromatic N) is 1. The molecule has 0 saturated heterocycles. The number of hydrogen-bond donors (Lipinski definition) is 1. The molecule has 1 unspecified atom stereocenters. The lowest BCUT2D eigenvalue weighted by molar-refractivity contribution is 0.463. The minimum atomic E-state index is 0.331. The van der Waals surface area contributed by atoms with E-state index in [1.807, 2.05) is 18.3 Å². The molecule has 0 spiro atoms. The monoisotopic (exact) mass is 300 g/mol. The first-order valence-corrected chi connectivity index (χ1v) is 7.53. The minimum Gasteiger partial charge on any atom is -0.327 e. The number of thioether (sulfide) groups is 1. The summed E-state index contributed by atoms with van der Waals surface area (Å²) in [4.78, 5) is 4.34. The Balaban J connectivity index is 1.80. The molecule has 16 heavy (non-hydrogen) atoms. The standard InChI is InChI=1S/C12H17BrN2S/c13-10-5-6-12(15-7-10)16-8-11(14)9-3-1-2-4-9/h5-7,9,11H,1-4,8,14H2. The van der Waals surface area contributed by atoms with Crippen LogP contribution in [0, 0.1) is 5.92 Å². The van der Waals surface area contributed by atoms with Crippen molar-refractivity contribution in [3.05, 3.63) is 22.8 Å². The Morgan fingerprint density at radius 1 is 1.44 bits per heavy atom. The molecule has 1 aromatic heterocycles. The van der Waals surface area contributed by atoms with E-state index >= 15 is 0 Å². The average molecular weight is 301 g/mol.